The number of carbonyl (C=O) groups is 2. The molecule has 1 unspecified atom stereocenters. The van der Waals surface area contributed by atoms with Crippen LogP contribution < -0.4 is 0 Å². The summed E-state index contributed by atoms with van der Waals surface area (Å²) in [5.74, 6) is -1.42. The fraction of sp³-hybridized carbons (Fsp3) is 0.467. The summed E-state index contributed by atoms with van der Waals surface area (Å²) in [6.07, 6.45) is 0.418. The Morgan fingerprint density at radius 2 is 2.00 bits per heavy atom. The third-order valence-electron chi connectivity index (χ3n) is 3.60. The van der Waals surface area contributed by atoms with E-state index in [1.807, 2.05) is 38.1 Å². The van der Waals surface area contributed by atoms with E-state index >= 15 is 0 Å². The molecule has 0 aliphatic carbocycles. The van der Waals surface area contributed by atoms with Gasteiger partial charge in [-0.05, 0) is 31.4 Å². The summed E-state index contributed by atoms with van der Waals surface area (Å²) in [5.41, 5.74) is 2.21. The first kappa shape index (κ1) is 13.6. The molecule has 1 N–H and O–H groups in total. The van der Waals surface area contributed by atoms with Crippen molar-refractivity contribution in [2.75, 3.05) is 0 Å². The largest absolute Gasteiger partial charge is 0.481 e. The molecule has 4 heteroatoms. The Morgan fingerprint density at radius 3 is 2.58 bits per heavy atom. The second-order valence-electron chi connectivity index (χ2n) is 5.33. The van der Waals surface area contributed by atoms with E-state index < -0.39 is 11.9 Å². The second-order valence-corrected chi connectivity index (χ2v) is 5.33. The van der Waals surface area contributed by atoms with Crippen LogP contribution in [0.2, 0.25) is 0 Å². The highest BCUT2D eigenvalue weighted by atomic mass is 16.4. The minimum absolute atomic E-state index is 0.0476. The lowest BCUT2D eigenvalue weighted by Crippen LogP contribution is -2.40. The van der Waals surface area contributed by atoms with Crippen LogP contribution >= 0.6 is 0 Å². The number of fused-ring (bicyclic) bond motifs is 1. The van der Waals surface area contributed by atoms with Gasteiger partial charge in [0.05, 0.1) is 12.3 Å². The number of hydrogen-bond acceptors (Lipinski definition) is 2. The van der Waals surface area contributed by atoms with Gasteiger partial charge in [0.2, 0.25) is 5.91 Å². The Balaban J connectivity index is 2.37. The van der Waals surface area contributed by atoms with Gasteiger partial charge in [-0.2, -0.15) is 0 Å². The van der Waals surface area contributed by atoms with E-state index in [1.165, 1.54) is 0 Å². The Morgan fingerprint density at radius 1 is 1.37 bits per heavy atom. The molecule has 0 fully saturated rings. The Kier molecular flexibility index (Phi) is 3.88. The normalized spacial score (nSPS) is 19.2. The van der Waals surface area contributed by atoms with Gasteiger partial charge < -0.3 is 10.0 Å². The number of carboxylic acid groups (broad SMARTS) is 1. The number of rotatable bonds is 3. The van der Waals surface area contributed by atoms with E-state index in [0.717, 1.165) is 11.1 Å². The number of carboxylic acids is 1. The van der Waals surface area contributed by atoms with Crippen molar-refractivity contribution in [1.29, 1.82) is 0 Å². The van der Waals surface area contributed by atoms with Crippen LogP contribution in [0.4, 0.5) is 0 Å². The van der Waals surface area contributed by atoms with Crippen LogP contribution in [0.3, 0.4) is 0 Å². The average molecular weight is 261 g/mol. The maximum atomic E-state index is 12.5. The molecule has 1 aromatic rings. The highest BCUT2D eigenvalue weighted by Gasteiger charge is 2.32. The average Bonchev–Trinajstić information content (AvgIpc) is 2.47. The van der Waals surface area contributed by atoms with E-state index in [-0.39, 0.29) is 18.4 Å². The lowest BCUT2D eigenvalue weighted by atomic mass is 9.94. The Hall–Kier alpha value is -1.84. The fourth-order valence-electron chi connectivity index (χ4n) is 2.57. The zero-order valence-corrected chi connectivity index (χ0v) is 11.3. The molecule has 0 spiro atoms. The number of aliphatic carboxylic acids is 1. The fourth-order valence-corrected chi connectivity index (χ4v) is 2.57. The molecule has 1 atom stereocenters. The highest BCUT2D eigenvalue weighted by Crippen LogP contribution is 2.26. The monoisotopic (exact) mass is 261 g/mol. The topological polar surface area (TPSA) is 57.6 Å². The van der Waals surface area contributed by atoms with Crippen molar-refractivity contribution in [3.8, 4) is 0 Å². The van der Waals surface area contributed by atoms with Gasteiger partial charge in [0, 0.05) is 12.6 Å². The van der Waals surface area contributed by atoms with E-state index in [9.17, 15) is 9.59 Å². The SMILES string of the molecule is CC(C)N1Cc2ccccc2CC(CC(=O)O)C1=O. The van der Waals surface area contributed by atoms with Crippen LogP contribution in [0, 0.1) is 5.92 Å². The zero-order valence-electron chi connectivity index (χ0n) is 11.3. The summed E-state index contributed by atoms with van der Waals surface area (Å²) in [5, 5.41) is 8.98. The summed E-state index contributed by atoms with van der Waals surface area (Å²) < 4.78 is 0. The quantitative estimate of drug-likeness (QED) is 0.906. The smallest absolute Gasteiger partial charge is 0.304 e. The highest BCUT2D eigenvalue weighted by molar-refractivity contribution is 5.84. The first-order chi connectivity index (χ1) is 8.99. The molecule has 0 bridgehead atoms. The lowest BCUT2D eigenvalue weighted by molar-refractivity contribution is -0.145. The van der Waals surface area contributed by atoms with E-state index in [0.29, 0.717) is 13.0 Å². The van der Waals surface area contributed by atoms with E-state index in [1.54, 1.807) is 4.90 Å². The molecule has 19 heavy (non-hydrogen) atoms. The number of hydrogen-bond donors (Lipinski definition) is 1. The van der Waals surface area contributed by atoms with Crippen LogP contribution in [-0.2, 0) is 22.6 Å². The van der Waals surface area contributed by atoms with Gasteiger partial charge in [-0.15, -0.1) is 0 Å². The maximum Gasteiger partial charge on any atom is 0.304 e. The molecule has 0 saturated carbocycles. The van der Waals surface area contributed by atoms with Crippen LogP contribution in [0.15, 0.2) is 24.3 Å². The van der Waals surface area contributed by atoms with Crippen molar-refractivity contribution in [2.24, 2.45) is 5.92 Å². The van der Waals surface area contributed by atoms with Crippen LogP contribution in [0.25, 0.3) is 0 Å². The van der Waals surface area contributed by atoms with Gasteiger partial charge in [0.25, 0.3) is 0 Å². The van der Waals surface area contributed by atoms with Gasteiger partial charge >= 0.3 is 5.97 Å². The zero-order chi connectivity index (χ0) is 14.0. The molecule has 2 rings (SSSR count). The molecule has 0 aromatic heterocycles. The van der Waals surface area contributed by atoms with Crippen molar-refractivity contribution in [3.05, 3.63) is 35.4 Å². The van der Waals surface area contributed by atoms with Gasteiger partial charge in [0.1, 0.15) is 0 Å². The van der Waals surface area contributed by atoms with Crippen molar-refractivity contribution in [2.45, 2.75) is 39.3 Å². The van der Waals surface area contributed by atoms with Gasteiger partial charge in [-0.3, -0.25) is 9.59 Å². The summed E-state index contributed by atoms with van der Waals surface area (Å²) >= 11 is 0. The minimum Gasteiger partial charge on any atom is -0.481 e. The number of amides is 1. The molecule has 0 radical (unpaired) electrons. The van der Waals surface area contributed by atoms with Crippen LogP contribution in [0.1, 0.15) is 31.4 Å². The molecule has 1 aromatic carbocycles. The second kappa shape index (κ2) is 5.43. The van der Waals surface area contributed by atoms with E-state index in [2.05, 4.69) is 0 Å². The van der Waals surface area contributed by atoms with Crippen molar-refractivity contribution in [1.82, 2.24) is 4.90 Å². The van der Waals surface area contributed by atoms with Crippen LogP contribution in [0.5, 0.6) is 0 Å². The Labute approximate surface area is 113 Å². The van der Waals surface area contributed by atoms with Crippen molar-refractivity contribution >= 4 is 11.9 Å². The number of nitrogens with zero attached hydrogens (tertiary/aromatic N) is 1. The molecule has 1 amide bonds. The summed E-state index contributed by atoms with van der Waals surface area (Å²) in [4.78, 5) is 25.2. The van der Waals surface area contributed by atoms with Gasteiger partial charge in [-0.1, -0.05) is 24.3 Å². The first-order valence-electron chi connectivity index (χ1n) is 6.58. The van der Waals surface area contributed by atoms with Crippen molar-refractivity contribution in [3.63, 3.8) is 0 Å². The predicted octanol–water partition coefficient (Wildman–Crippen LogP) is 2.07. The summed E-state index contributed by atoms with van der Waals surface area (Å²) in [6, 6.07) is 7.98. The predicted molar refractivity (Wildman–Crippen MR) is 71.6 cm³/mol. The molecule has 1 heterocycles. The molecule has 1 aliphatic rings. The standard InChI is InChI=1S/C15H19NO3/c1-10(2)16-9-12-6-4-3-5-11(12)7-13(15(16)19)8-14(17)18/h3-6,10,13H,7-9H2,1-2H3,(H,17,18). The summed E-state index contributed by atoms with van der Waals surface area (Å²) in [6.45, 7) is 4.50. The third-order valence-corrected chi connectivity index (χ3v) is 3.60. The minimum atomic E-state index is -0.915. The van der Waals surface area contributed by atoms with Crippen LogP contribution in [-0.4, -0.2) is 27.9 Å². The molecular weight excluding hydrogens is 242 g/mol. The van der Waals surface area contributed by atoms with E-state index in [4.69, 9.17) is 5.11 Å². The first-order valence-corrected chi connectivity index (χ1v) is 6.58. The van der Waals surface area contributed by atoms with Crippen molar-refractivity contribution < 1.29 is 14.7 Å². The molecule has 0 saturated heterocycles. The molecule has 1 aliphatic heterocycles. The lowest BCUT2D eigenvalue weighted by Gasteiger charge is -2.27. The molecular formula is C15H19NO3. The summed E-state index contributed by atoms with van der Waals surface area (Å²) in [7, 11) is 0. The third kappa shape index (κ3) is 2.95. The molecule has 4 nitrogen and oxygen atoms in total. The Bertz CT molecular complexity index is 496. The number of carbonyl (C=O) groups excluding carboxylic acids is 1. The van der Waals surface area contributed by atoms with Gasteiger partial charge in [-0.25, -0.2) is 0 Å². The van der Waals surface area contributed by atoms with Gasteiger partial charge in [0.15, 0.2) is 0 Å². The molecule has 102 valence electrons. The number of benzene rings is 1. The maximum absolute atomic E-state index is 12.5.